The second kappa shape index (κ2) is 8.02. The maximum Gasteiger partial charge on any atom is 0.342 e. The van der Waals surface area contributed by atoms with Gasteiger partial charge in [0.25, 0.3) is 11.8 Å². The Bertz CT molecular complexity index is 950. The zero-order valence-corrected chi connectivity index (χ0v) is 16.5. The minimum absolute atomic E-state index is 0.00815. The average molecular weight is 402 g/mol. The summed E-state index contributed by atoms with van der Waals surface area (Å²) in [5.74, 6) is -1.62. The summed E-state index contributed by atoms with van der Waals surface area (Å²) in [7, 11) is 0. The van der Waals surface area contributed by atoms with Crippen LogP contribution in [0, 0.1) is 12.8 Å². The van der Waals surface area contributed by atoms with Gasteiger partial charge in [0.15, 0.2) is 6.61 Å². The number of hydrogen-bond acceptors (Lipinski definition) is 6. The number of amides is 2. The lowest BCUT2D eigenvalue weighted by Gasteiger charge is -2.18. The number of aryl methyl sites for hydroxylation is 1. The summed E-state index contributed by atoms with van der Waals surface area (Å²) in [4.78, 5) is 37.3. The zero-order valence-electron chi connectivity index (χ0n) is 15.7. The van der Waals surface area contributed by atoms with Crippen LogP contribution in [0.25, 0.3) is 0 Å². The molecule has 0 saturated heterocycles. The van der Waals surface area contributed by atoms with Crippen LogP contribution in [0.1, 0.15) is 50.1 Å². The first kappa shape index (κ1) is 19.9. The number of carbonyl (C=O) groups is 3. The van der Waals surface area contributed by atoms with Crippen molar-refractivity contribution in [2.24, 2.45) is 11.7 Å². The van der Waals surface area contributed by atoms with E-state index in [1.807, 2.05) is 0 Å². The van der Waals surface area contributed by atoms with Crippen molar-refractivity contribution in [2.75, 3.05) is 11.9 Å². The topological polar surface area (TPSA) is 119 Å². The van der Waals surface area contributed by atoms with Crippen LogP contribution in [0.3, 0.4) is 0 Å². The summed E-state index contributed by atoms with van der Waals surface area (Å²) in [6, 6.07) is 4.69. The molecule has 1 heterocycles. The molecular formula is C20H22N2O5S. The Morgan fingerprint density at radius 2 is 2.11 bits per heavy atom. The van der Waals surface area contributed by atoms with E-state index in [2.05, 4.69) is 12.2 Å². The maximum absolute atomic E-state index is 12.3. The van der Waals surface area contributed by atoms with Gasteiger partial charge in [-0.05, 0) is 49.3 Å². The number of phenolic OH excluding ortho intramolecular Hbond substituents is 1. The van der Waals surface area contributed by atoms with E-state index in [0.717, 1.165) is 29.7 Å². The lowest BCUT2D eigenvalue weighted by atomic mass is 9.88. The number of anilines is 1. The third-order valence-electron chi connectivity index (χ3n) is 4.80. The van der Waals surface area contributed by atoms with Crippen LogP contribution in [0.15, 0.2) is 18.2 Å². The van der Waals surface area contributed by atoms with Crippen LogP contribution in [0.5, 0.6) is 5.75 Å². The summed E-state index contributed by atoms with van der Waals surface area (Å²) < 4.78 is 4.99. The molecule has 1 aliphatic rings. The summed E-state index contributed by atoms with van der Waals surface area (Å²) in [5, 5.41) is 13.0. The molecular weight excluding hydrogens is 380 g/mol. The molecule has 7 nitrogen and oxygen atoms in total. The number of hydrogen-bond donors (Lipinski definition) is 3. The number of para-hydroxylation sites is 1. The Morgan fingerprint density at radius 3 is 2.82 bits per heavy atom. The molecule has 1 aromatic carbocycles. The zero-order chi connectivity index (χ0) is 20.4. The molecule has 2 aromatic rings. The number of thiophene rings is 1. The van der Waals surface area contributed by atoms with Gasteiger partial charge in [-0.3, -0.25) is 9.59 Å². The van der Waals surface area contributed by atoms with Crippen molar-refractivity contribution in [3.8, 4) is 5.75 Å². The molecule has 0 fully saturated rings. The van der Waals surface area contributed by atoms with Gasteiger partial charge in [0.1, 0.15) is 16.3 Å². The number of benzene rings is 1. The highest BCUT2D eigenvalue weighted by Crippen LogP contribution is 2.39. The van der Waals surface area contributed by atoms with Crippen LogP contribution in [0.2, 0.25) is 0 Å². The van der Waals surface area contributed by atoms with Crippen molar-refractivity contribution < 1.29 is 24.2 Å². The Balaban J connectivity index is 1.69. The van der Waals surface area contributed by atoms with Crippen molar-refractivity contribution >= 4 is 34.1 Å². The molecule has 0 unspecified atom stereocenters. The van der Waals surface area contributed by atoms with Crippen LogP contribution in [0.4, 0.5) is 5.00 Å². The fraction of sp³-hybridized carbons (Fsp3) is 0.350. The van der Waals surface area contributed by atoms with Gasteiger partial charge in [-0.25, -0.2) is 4.79 Å². The number of nitrogens with one attached hydrogen (secondary N) is 1. The second-order valence-electron chi connectivity index (χ2n) is 7.02. The van der Waals surface area contributed by atoms with Crippen LogP contribution >= 0.6 is 11.3 Å². The number of fused-ring (bicyclic) bond motifs is 1. The molecule has 0 spiro atoms. The minimum Gasteiger partial charge on any atom is -0.507 e. The van der Waals surface area contributed by atoms with E-state index in [9.17, 15) is 19.5 Å². The van der Waals surface area contributed by atoms with Crippen molar-refractivity contribution in [2.45, 2.75) is 33.1 Å². The Kier molecular flexibility index (Phi) is 5.69. The van der Waals surface area contributed by atoms with Crippen LogP contribution in [-0.2, 0) is 22.4 Å². The molecule has 0 radical (unpaired) electrons. The van der Waals surface area contributed by atoms with E-state index in [1.165, 1.54) is 17.4 Å². The summed E-state index contributed by atoms with van der Waals surface area (Å²) in [6.07, 6.45) is 2.57. The molecule has 8 heteroatoms. The molecule has 0 bridgehead atoms. The molecule has 2 amide bonds. The SMILES string of the molecule is Cc1cccc(C(=O)OCC(=O)Nc2sc3c(c2C(N)=O)CC[C@H](C)C3)c1O. The van der Waals surface area contributed by atoms with E-state index < -0.39 is 24.4 Å². The van der Waals surface area contributed by atoms with Crippen LogP contribution < -0.4 is 11.1 Å². The largest absolute Gasteiger partial charge is 0.507 e. The summed E-state index contributed by atoms with van der Waals surface area (Å²) >= 11 is 1.34. The second-order valence-corrected chi connectivity index (χ2v) is 8.12. The molecule has 148 valence electrons. The van der Waals surface area contributed by atoms with Crippen molar-refractivity contribution in [1.29, 1.82) is 0 Å². The third kappa shape index (κ3) is 4.01. The number of esters is 1. The molecule has 28 heavy (non-hydrogen) atoms. The molecule has 1 aliphatic carbocycles. The van der Waals surface area contributed by atoms with Gasteiger partial charge in [0.2, 0.25) is 0 Å². The van der Waals surface area contributed by atoms with Crippen molar-refractivity contribution in [3.63, 3.8) is 0 Å². The number of primary amides is 1. The lowest BCUT2D eigenvalue weighted by molar-refractivity contribution is -0.119. The van der Waals surface area contributed by atoms with Gasteiger partial charge >= 0.3 is 5.97 Å². The monoisotopic (exact) mass is 402 g/mol. The highest BCUT2D eigenvalue weighted by atomic mass is 32.1. The quantitative estimate of drug-likeness (QED) is 0.665. The first-order valence-corrected chi connectivity index (χ1v) is 9.79. The Morgan fingerprint density at radius 1 is 1.36 bits per heavy atom. The first-order valence-electron chi connectivity index (χ1n) is 8.97. The van der Waals surface area contributed by atoms with Crippen molar-refractivity contribution in [3.05, 3.63) is 45.3 Å². The van der Waals surface area contributed by atoms with Crippen molar-refractivity contribution in [1.82, 2.24) is 0 Å². The van der Waals surface area contributed by atoms with E-state index >= 15 is 0 Å². The molecule has 0 saturated carbocycles. The molecule has 4 N–H and O–H groups in total. The summed E-state index contributed by atoms with van der Waals surface area (Å²) in [6.45, 7) is 3.26. The van der Waals surface area contributed by atoms with E-state index in [4.69, 9.17) is 10.5 Å². The number of aromatic hydroxyl groups is 1. The Labute approximate surface area is 166 Å². The molecule has 3 rings (SSSR count). The number of phenols is 1. The predicted octanol–water partition coefficient (Wildman–Crippen LogP) is 2.78. The van der Waals surface area contributed by atoms with E-state index in [-0.39, 0.29) is 11.3 Å². The third-order valence-corrected chi connectivity index (χ3v) is 5.97. The Hall–Kier alpha value is -2.87. The normalized spacial score (nSPS) is 15.6. The van der Waals surface area contributed by atoms with Gasteiger partial charge in [-0.1, -0.05) is 19.1 Å². The highest BCUT2D eigenvalue weighted by Gasteiger charge is 2.27. The van der Waals surface area contributed by atoms with E-state index in [0.29, 0.717) is 22.0 Å². The fourth-order valence-electron chi connectivity index (χ4n) is 3.29. The lowest BCUT2D eigenvalue weighted by Crippen LogP contribution is -2.23. The molecule has 1 atom stereocenters. The highest BCUT2D eigenvalue weighted by molar-refractivity contribution is 7.17. The van der Waals surface area contributed by atoms with Gasteiger partial charge in [0, 0.05) is 4.88 Å². The van der Waals surface area contributed by atoms with Gasteiger partial charge in [-0.15, -0.1) is 11.3 Å². The first-order chi connectivity index (χ1) is 13.3. The van der Waals surface area contributed by atoms with Gasteiger partial charge < -0.3 is 20.9 Å². The predicted molar refractivity (Wildman–Crippen MR) is 106 cm³/mol. The minimum atomic E-state index is -0.800. The van der Waals surface area contributed by atoms with Gasteiger partial charge in [-0.2, -0.15) is 0 Å². The standard InChI is InChI=1S/C20H22N2O5S/c1-10-6-7-12-14(8-10)28-19(16(12)18(21)25)22-15(23)9-27-20(26)13-5-3-4-11(2)17(13)24/h3-5,10,24H,6-9H2,1-2H3,(H2,21,25)(H,22,23)/t10-/m0/s1. The van der Waals surface area contributed by atoms with Gasteiger partial charge in [0.05, 0.1) is 5.56 Å². The summed E-state index contributed by atoms with van der Waals surface area (Å²) in [5.41, 5.74) is 7.31. The maximum atomic E-state index is 12.3. The molecule has 1 aromatic heterocycles. The number of rotatable bonds is 5. The fourth-order valence-corrected chi connectivity index (χ4v) is 4.73. The smallest absolute Gasteiger partial charge is 0.342 e. The number of carbonyl (C=O) groups excluding carboxylic acids is 3. The molecule has 0 aliphatic heterocycles. The van der Waals surface area contributed by atoms with E-state index in [1.54, 1.807) is 19.1 Å². The number of ether oxygens (including phenoxy) is 1. The van der Waals surface area contributed by atoms with Crippen LogP contribution in [-0.4, -0.2) is 29.5 Å². The number of nitrogens with two attached hydrogens (primary N) is 1. The average Bonchev–Trinajstić information content (AvgIpc) is 2.98.